The van der Waals surface area contributed by atoms with Crippen LogP contribution in [0.25, 0.3) is 0 Å². The number of carbonyl (C=O) groups excluding carboxylic acids is 1. The molecule has 0 unspecified atom stereocenters. The van der Waals surface area contributed by atoms with Gasteiger partial charge in [-0.1, -0.05) is 31.9 Å². The van der Waals surface area contributed by atoms with E-state index in [1.165, 1.54) is 0 Å². The largest absolute Gasteiger partial charge is 0.504 e. The van der Waals surface area contributed by atoms with E-state index in [9.17, 15) is 15.0 Å². The zero-order valence-corrected chi connectivity index (χ0v) is 11.5. The van der Waals surface area contributed by atoms with E-state index in [2.05, 4.69) is 13.0 Å². The van der Waals surface area contributed by atoms with Crippen LogP contribution in [0.3, 0.4) is 0 Å². The highest BCUT2D eigenvalue weighted by molar-refractivity contribution is 5.91. The smallest absolute Gasteiger partial charge is 0.338 e. The van der Waals surface area contributed by atoms with Gasteiger partial charge in [0.2, 0.25) is 0 Å². The van der Waals surface area contributed by atoms with Gasteiger partial charge in [0.25, 0.3) is 0 Å². The molecule has 1 rings (SSSR count). The molecule has 0 heterocycles. The van der Waals surface area contributed by atoms with Crippen LogP contribution >= 0.6 is 0 Å². The monoisotopic (exact) mass is 280 g/mol. The molecule has 5 nitrogen and oxygen atoms in total. The fraction of sp³-hybridized carbons (Fsp3) is 0.400. The fourth-order valence-corrected chi connectivity index (χ4v) is 1.58. The molecule has 0 bridgehead atoms. The van der Waals surface area contributed by atoms with Crippen molar-refractivity contribution in [3.05, 3.63) is 29.8 Å². The van der Waals surface area contributed by atoms with Crippen molar-refractivity contribution in [2.24, 2.45) is 0 Å². The molecule has 110 valence electrons. The third kappa shape index (κ3) is 4.84. The molecule has 0 saturated heterocycles. The van der Waals surface area contributed by atoms with Crippen LogP contribution in [-0.4, -0.2) is 27.9 Å². The highest BCUT2D eigenvalue weighted by atomic mass is 16.5. The summed E-state index contributed by atoms with van der Waals surface area (Å²) >= 11 is 0. The van der Waals surface area contributed by atoms with Gasteiger partial charge in [-0.2, -0.15) is 0 Å². The van der Waals surface area contributed by atoms with Gasteiger partial charge < -0.3 is 20.1 Å². The Morgan fingerprint density at radius 2 is 1.75 bits per heavy atom. The van der Waals surface area contributed by atoms with Crippen molar-refractivity contribution in [2.75, 3.05) is 6.61 Å². The SMILES string of the molecule is CCCCC=CCCOC(=O)c1cc(O)c(O)c(O)c1. The lowest BCUT2D eigenvalue weighted by Crippen LogP contribution is -2.05. The molecule has 0 aliphatic heterocycles. The number of rotatable bonds is 7. The van der Waals surface area contributed by atoms with Crippen molar-refractivity contribution < 1.29 is 24.9 Å². The van der Waals surface area contributed by atoms with Crippen molar-refractivity contribution in [1.82, 2.24) is 0 Å². The van der Waals surface area contributed by atoms with E-state index in [4.69, 9.17) is 9.84 Å². The Bertz CT molecular complexity index is 456. The van der Waals surface area contributed by atoms with Gasteiger partial charge in [-0.3, -0.25) is 0 Å². The van der Waals surface area contributed by atoms with Gasteiger partial charge in [0.05, 0.1) is 12.2 Å². The molecular formula is C15H20O5. The van der Waals surface area contributed by atoms with Gasteiger partial charge in [0.15, 0.2) is 17.2 Å². The standard InChI is InChI=1S/C15H20O5/c1-2-3-4-5-6-7-8-20-15(19)11-9-12(16)14(18)13(17)10-11/h5-6,9-10,16-18H,2-4,7-8H2,1H3. The van der Waals surface area contributed by atoms with Crippen LogP contribution in [-0.2, 0) is 4.74 Å². The van der Waals surface area contributed by atoms with Gasteiger partial charge in [-0.15, -0.1) is 0 Å². The first kappa shape index (κ1) is 15.9. The van der Waals surface area contributed by atoms with Crippen molar-refractivity contribution >= 4 is 5.97 Å². The number of hydrogen-bond acceptors (Lipinski definition) is 5. The Morgan fingerprint density at radius 3 is 2.35 bits per heavy atom. The number of carbonyl (C=O) groups is 1. The second kappa shape index (κ2) is 8.09. The van der Waals surface area contributed by atoms with E-state index >= 15 is 0 Å². The number of esters is 1. The molecule has 1 aromatic carbocycles. The molecule has 0 atom stereocenters. The molecule has 0 aliphatic carbocycles. The molecule has 0 saturated carbocycles. The summed E-state index contributed by atoms with van der Waals surface area (Å²) in [4.78, 5) is 11.6. The lowest BCUT2D eigenvalue weighted by atomic mass is 10.2. The first-order valence-corrected chi connectivity index (χ1v) is 6.63. The summed E-state index contributed by atoms with van der Waals surface area (Å²) in [5.41, 5.74) is -0.00670. The number of allylic oxidation sites excluding steroid dienone is 1. The second-order valence-electron chi connectivity index (χ2n) is 4.40. The van der Waals surface area contributed by atoms with E-state index in [-0.39, 0.29) is 12.2 Å². The van der Waals surface area contributed by atoms with Gasteiger partial charge >= 0.3 is 5.97 Å². The van der Waals surface area contributed by atoms with Gasteiger partial charge in [-0.25, -0.2) is 4.79 Å². The van der Waals surface area contributed by atoms with E-state index < -0.39 is 23.2 Å². The third-order valence-electron chi connectivity index (χ3n) is 2.71. The van der Waals surface area contributed by atoms with Gasteiger partial charge in [0, 0.05) is 0 Å². The number of ether oxygens (including phenoxy) is 1. The minimum absolute atomic E-state index is 0.00670. The summed E-state index contributed by atoms with van der Waals surface area (Å²) in [6.07, 6.45) is 7.93. The average molecular weight is 280 g/mol. The number of phenols is 3. The molecular weight excluding hydrogens is 260 g/mol. The fourth-order valence-electron chi connectivity index (χ4n) is 1.58. The Morgan fingerprint density at radius 1 is 1.15 bits per heavy atom. The first-order chi connectivity index (χ1) is 9.56. The summed E-state index contributed by atoms with van der Waals surface area (Å²) in [6, 6.07) is 2.10. The van der Waals surface area contributed by atoms with Crippen molar-refractivity contribution in [2.45, 2.75) is 32.6 Å². The quantitative estimate of drug-likeness (QED) is 0.309. The summed E-state index contributed by atoms with van der Waals surface area (Å²) in [5.74, 6) is -2.43. The molecule has 0 aliphatic rings. The maximum atomic E-state index is 11.6. The Kier molecular flexibility index (Phi) is 6.43. The Balaban J connectivity index is 2.42. The van der Waals surface area contributed by atoms with E-state index in [1.807, 2.05) is 6.08 Å². The van der Waals surface area contributed by atoms with Crippen LogP contribution in [0.5, 0.6) is 17.2 Å². The number of benzene rings is 1. The van der Waals surface area contributed by atoms with Crippen LogP contribution < -0.4 is 0 Å². The zero-order chi connectivity index (χ0) is 15.0. The second-order valence-corrected chi connectivity index (χ2v) is 4.40. The molecule has 20 heavy (non-hydrogen) atoms. The molecule has 0 fully saturated rings. The Hall–Kier alpha value is -2.17. The molecule has 0 amide bonds. The van der Waals surface area contributed by atoms with Gasteiger partial charge in [-0.05, 0) is 25.0 Å². The van der Waals surface area contributed by atoms with Crippen LogP contribution in [0.1, 0.15) is 43.0 Å². The summed E-state index contributed by atoms with van der Waals surface area (Å²) in [6.45, 7) is 2.35. The first-order valence-electron chi connectivity index (χ1n) is 6.63. The van der Waals surface area contributed by atoms with Crippen LogP contribution in [0.4, 0.5) is 0 Å². The molecule has 1 aromatic rings. The average Bonchev–Trinajstić information content (AvgIpc) is 2.43. The maximum absolute atomic E-state index is 11.6. The molecule has 5 heteroatoms. The van der Waals surface area contributed by atoms with Crippen molar-refractivity contribution in [1.29, 1.82) is 0 Å². The molecule has 0 radical (unpaired) electrons. The highest BCUT2D eigenvalue weighted by Gasteiger charge is 2.14. The molecule has 0 aromatic heterocycles. The lowest BCUT2D eigenvalue weighted by Gasteiger charge is -2.06. The maximum Gasteiger partial charge on any atom is 0.338 e. The predicted octanol–water partition coefficient (Wildman–Crippen LogP) is 3.10. The zero-order valence-electron chi connectivity index (χ0n) is 11.5. The van der Waals surface area contributed by atoms with Crippen molar-refractivity contribution in [3.8, 4) is 17.2 Å². The van der Waals surface area contributed by atoms with Crippen LogP contribution in [0, 0.1) is 0 Å². The topological polar surface area (TPSA) is 87.0 Å². The van der Waals surface area contributed by atoms with Crippen LogP contribution in [0.15, 0.2) is 24.3 Å². The lowest BCUT2D eigenvalue weighted by molar-refractivity contribution is 0.0510. The summed E-state index contributed by atoms with van der Waals surface area (Å²) in [7, 11) is 0. The minimum atomic E-state index is -0.655. The van der Waals surface area contributed by atoms with Crippen molar-refractivity contribution in [3.63, 3.8) is 0 Å². The molecule has 0 spiro atoms. The number of hydrogen-bond donors (Lipinski definition) is 3. The van der Waals surface area contributed by atoms with E-state index in [0.717, 1.165) is 31.4 Å². The summed E-state index contributed by atoms with van der Waals surface area (Å²) in [5, 5.41) is 27.8. The highest BCUT2D eigenvalue weighted by Crippen LogP contribution is 2.35. The third-order valence-corrected chi connectivity index (χ3v) is 2.71. The Labute approximate surface area is 118 Å². The molecule has 3 N–H and O–H groups in total. The number of phenolic OH excluding ortho intramolecular Hbond substituents is 3. The number of unbranched alkanes of at least 4 members (excludes halogenated alkanes) is 2. The summed E-state index contributed by atoms with van der Waals surface area (Å²) < 4.78 is 4.99. The van der Waals surface area contributed by atoms with E-state index in [0.29, 0.717) is 6.42 Å². The normalized spacial score (nSPS) is 10.8. The van der Waals surface area contributed by atoms with Gasteiger partial charge in [0.1, 0.15) is 0 Å². The number of aromatic hydroxyl groups is 3. The predicted molar refractivity (Wildman–Crippen MR) is 75.0 cm³/mol. The minimum Gasteiger partial charge on any atom is -0.504 e. The van der Waals surface area contributed by atoms with Crippen LogP contribution in [0.2, 0.25) is 0 Å². The van der Waals surface area contributed by atoms with E-state index in [1.54, 1.807) is 0 Å².